The molecule has 0 radical (unpaired) electrons. The topological polar surface area (TPSA) is 89.8 Å². The molecule has 0 bridgehead atoms. The van der Waals surface area contributed by atoms with Gasteiger partial charge in [0.25, 0.3) is 5.69 Å². The summed E-state index contributed by atoms with van der Waals surface area (Å²) >= 11 is 0. The van der Waals surface area contributed by atoms with Crippen LogP contribution in [-0.4, -0.2) is 33.8 Å². The first kappa shape index (κ1) is 17.7. The van der Waals surface area contributed by atoms with Crippen LogP contribution in [0.15, 0.2) is 47.4 Å². The molecule has 0 aliphatic rings. The predicted molar refractivity (Wildman–Crippen MR) is 91.3 cm³/mol. The van der Waals surface area contributed by atoms with Crippen molar-refractivity contribution in [2.75, 3.05) is 25.3 Å². The van der Waals surface area contributed by atoms with Crippen molar-refractivity contribution in [3.05, 3.63) is 58.1 Å². The second-order valence-electron chi connectivity index (χ2n) is 5.35. The number of sulfone groups is 1. The Morgan fingerprint density at radius 2 is 1.88 bits per heavy atom. The van der Waals surface area contributed by atoms with Crippen LogP contribution in [0, 0.1) is 10.1 Å². The normalized spacial score (nSPS) is 11.1. The molecule has 0 saturated carbocycles. The molecule has 2 rings (SSSR count). The van der Waals surface area contributed by atoms with Crippen molar-refractivity contribution in [2.45, 2.75) is 11.4 Å². The maximum atomic E-state index is 11.6. The van der Waals surface area contributed by atoms with Crippen molar-refractivity contribution in [3.63, 3.8) is 0 Å². The molecule has 0 unspecified atom stereocenters. The molecule has 24 heavy (non-hydrogen) atoms. The third-order valence-corrected chi connectivity index (χ3v) is 4.69. The van der Waals surface area contributed by atoms with Gasteiger partial charge in [-0.2, -0.15) is 0 Å². The highest BCUT2D eigenvalue weighted by Gasteiger charge is 2.21. The predicted octanol–water partition coefficient (Wildman–Crippen LogP) is 2.64. The van der Waals surface area contributed by atoms with Gasteiger partial charge in [0.15, 0.2) is 9.84 Å². The van der Waals surface area contributed by atoms with Crippen LogP contribution in [-0.2, 0) is 16.4 Å². The van der Waals surface area contributed by atoms with Gasteiger partial charge in [0.05, 0.1) is 16.9 Å². The first-order valence-electron chi connectivity index (χ1n) is 7.05. The number of hydrogen-bond donors (Lipinski definition) is 0. The lowest BCUT2D eigenvalue weighted by Crippen LogP contribution is -2.18. The smallest absolute Gasteiger partial charge is 0.293 e. The molecule has 0 saturated heterocycles. The van der Waals surface area contributed by atoms with E-state index in [1.54, 1.807) is 19.1 Å². The number of nitrogens with zero attached hydrogens (tertiary/aromatic N) is 2. The van der Waals surface area contributed by atoms with E-state index in [0.29, 0.717) is 18.0 Å². The maximum Gasteiger partial charge on any atom is 0.293 e. The summed E-state index contributed by atoms with van der Waals surface area (Å²) in [6, 6.07) is 11.3. The molecular formula is C16H18N2O5S. The molecule has 0 atom stereocenters. The Morgan fingerprint density at radius 1 is 1.21 bits per heavy atom. The summed E-state index contributed by atoms with van der Waals surface area (Å²) in [5, 5.41) is 11.3. The molecule has 0 aliphatic carbocycles. The van der Waals surface area contributed by atoms with Gasteiger partial charge in [0.1, 0.15) is 11.4 Å². The number of hydrogen-bond acceptors (Lipinski definition) is 6. The van der Waals surface area contributed by atoms with Crippen LogP contribution in [0.1, 0.15) is 5.56 Å². The third kappa shape index (κ3) is 3.83. The fraction of sp³-hybridized carbons (Fsp3) is 0.250. The number of benzene rings is 2. The van der Waals surface area contributed by atoms with E-state index in [0.717, 1.165) is 17.9 Å². The van der Waals surface area contributed by atoms with Crippen LogP contribution in [0.25, 0.3) is 0 Å². The minimum atomic E-state index is -3.51. The molecule has 0 aliphatic heterocycles. The SMILES string of the molecule is COc1ccccc1CN(C)c1ccc(S(C)(=O)=O)cc1[N+](=O)[O-]. The van der Waals surface area contributed by atoms with E-state index >= 15 is 0 Å². The van der Waals surface area contributed by atoms with Gasteiger partial charge < -0.3 is 9.64 Å². The van der Waals surface area contributed by atoms with Crippen molar-refractivity contribution in [3.8, 4) is 5.75 Å². The third-order valence-electron chi connectivity index (χ3n) is 3.58. The van der Waals surface area contributed by atoms with E-state index in [2.05, 4.69) is 0 Å². The summed E-state index contributed by atoms with van der Waals surface area (Å²) < 4.78 is 28.5. The molecule has 0 heterocycles. The van der Waals surface area contributed by atoms with Crippen LogP contribution in [0.4, 0.5) is 11.4 Å². The number of anilines is 1. The van der Waals surface area contributed by atoms with Gasteiger partial charge in [-0.1, -0.05) is 18.2 Å². The van der Waals surface area contributed by atoms with E-state index in [1.165, 1.54) is 12.1 Å². The van der Waals surface area contributed by atoms with Crippen LogP contribution in [0.3, 0.4) is 0 Å². The summed E-state index contributed by atoms with van der Waals surface area (Å²) in [7, 11) is -0.253. The second kappa shape index (κ2) is 6.88. The van der Waals surface area contributed by atoms with Crippen LogP contribution >= 0.6 is 0 Å². The molecule has 0 N–H and O–H groups in total. The quantitative estimate of drug-likeness (QED) is 0.588. The van der Waals surface area contributed by atoms with Gasteiger partial charge in [-0.15, -0.1) is 0 Å². The molecule has 8 heteroatoms. The Labute approximate surface area is 140 Å². The summed E-state index contributed by atoms with van der Waals surface area (Å²) in [6.07, 6.45) is 1.02. The number of rotatable bonds is 6. The standard InChI is InChI=1S/C16H18N2O5S/c1-17(11-12-6-4-5-7-16(12)23-2)14-9-8-13(24(3,21)22)10-15(14)18(19)20/h4-10H,11H2,1-3H3. The van der Waals surface area contributed by atoms with Gasteiger partial charge in [-0.25, -0.2) is 8.42 Å². The Bertz CT molecular complexity index is 865. The second-order valence-corrected chi connectivity index (χ2v) is 7.36. The van der Waals surface area contributed by atoms with Crippen LogP contribution < -0.4 is 9.64 Å². The molecule has 0 amide bonds. The maximum absolute atomic E-state index is 11.6. The minimum Gasteiger partial charge on any atom is -0.496 e. The Balaban J connectivity index is 2.42. The summed E-state index contributed by atoms with van der Waals surface area (Å²) in [5.74, 6) is 0.680. The highest BCUT2D eigenvalue weighted by molar-refractivity contribution is 7.90. The molecule has 7 nitrogen and oxygen atoms in total. The first-order chi connectivity index (χ1) is 11.2. The summed E-state index contributed by atoms with van der Waals surface area (Å²) in [6.45, 7) is 0.378. The zero-order chi connectivity index (χ0) is 17.9. The first-order valence-corrected chi connectivity index (χ1v) is 8.94. The average molecular weight is 350 g/mol. The molecular weight excluding hydrogens is 332 g/mol. The number of nitro benzene ring substituents is 1. The Morgan fingerprint density at radius 3 is 2.46 bits per heavy atom. The lowest BCUT2D eigenvalue weighted by molar-refractivity contribution is -0.384. The Kier molecular flexibility index (Phi) is 5.08. The summed E-state index contributed by atoms with van der Waals surface area (Å²) in [4.78, 5) is 12.4. The van der Waals surface area contributed by atoms with Crippen molar-refractivity contribution < 1.29 is 18.1 Å². The largest absolute Gasteiger partial charge is 0.496 e. The van der Waals surface area contributed by atoms with E-state index in [9.17, 15) is 18.5 Å². The van der Waals surface area contributed by atoms with Gasteiger partial charge in [0.2, 0.25) is 0 Å². The lowest BCUT2D eigenvalue weighted by atomic mass is 10.1. The lowest BCUT2D eigenvalue weighted by Gasteiger charge is -2.21. The Hall–Kier alpha value is -2.61. The highest BCUT2D eigenvalue weighted by atomic mass is 32.2. The van der Waals surface area contributed by atoms with E-state index in [4.69, 9.17) is 4.74 Å². The van der Waals surface area contributed by atoms with Crippen LogP contribution in [0.2, 0.25) is 0 Å². The zero-order valence-electron chi connectivity index (χ0n) is 13.6. The monoisotopic (exact) mass is 350 g/mol. The molecule has 0 fully saturated rings. The van der Waals surface area contributed by atoms with Crippen molar-refractivity contribution in [1.29, 1.82) is 0 Å². The van der Waals surface area contributed by atoms with Gasteiger partial charge in [0, 0.05) is 31.5 Å². The molecule has 2 aromatic carbocycles. The van der Waals surface area contributed by atoms with Gasteiger partial charge >= 0.3 is 0 Å². The number of ether oxygens (including phenoxy) is 1. The molecule has 128 valence electrons. The fourth-order valence-corrected chi connectivity index (χ4v) is 3.02. The van der Waals surface area contributed by atoms with E-state index < -0.39 is 14.8 Å². The number of methoxy groups -OCH3 is 1. The summed E-state index contributed by atoms with van der Waals surface area (Å²) in [5.41, 5.74) is 0.942. The zero-order valence-corrected chi connectivity index (χ0v) is 14.4. The molecule has 2 aromatic rings. The van der Waals surface area contributed by atoms with Crippen molar-refractivity contribution in [2.24, 2.45) is 0 Å². The van der Waals surface area contributed by atoms with E-state index in [1.807, 2.05) is 24.3 Å². The van der Waals surface area contributed by atoms with Crippen molar-refractivity contribution in [1.82, 2.24) is 0 Å². The van der Waals surface area contributed by atoms with Gasteiger partial charge in [-0.05, 0) is 18.2 Å². The van der Waals surface area contributed by atoms with Gasteiger partial charge in [-0.3, -0.25) is 10.1 Å². The number of para-hydroxylation sites is 1. The highest BCUT2D eigenvalue weighted by Crippen LogP contribution is 2.32. The fourth-order valence-electron chi connectivity index (χ4n) is 2.38. The minimum absolute atomic E-state index is 0.0800. The van der Waals surface area contributed by atoms with Crippen molar-refractivity contribution >= 4 is 21.2 Å². The van der Waals surface area contributed by atoms with E-state index in [-0.39, 0.29) is 10.6 Å². The molecule has 0 aromatic heterocycles. The molecule has 0 spiro atoms. The van der Waals surface area contributed by atoms with Crippen LogP contribution in [0.5, 0.6) is 5.75 Å². The average Bonchev–Trinajstić information content (AvgIpc) is 2.53. The number of nitro groups is 1.